The lowest BCUT2D eigenvalue weighted by Crippen LogP contribution is -1.99. The van der Waals surface area contributed by atoms with Crippen LogP contribution >= 0.6 is 0 Å². The number of ether oxygens (including phenoxy) is 4. The quantitative estimate of drug-likeness (QED) is 0.160. The van der Waals surface area contributed by atoms with Gasteiger partial charge in [0.05, 0.1) is 0 Å². The molecule has 3 aromatic rings. The average molecular weight is 519 g/mol. The highest BCUT2D eigenvalue weighted by Gasteiger charge is 2.16. The normalized spacial score (nSPS) is 10.8. The fourth-order valence-electron chi connectivity index (χ4n) is 3.01. The fourth-order valence-corrected chi connectivity index (χ4v) is 3.01. The molecule has 0 bridgehead atoms. The third-order valence-corrected chi connectivity index (χ3v) is 4.98. The van der Waals surface area contributed by atoms with Crippen LogP contribution in [0.5, 0.6) is 11.5 Å². The van der Waals surface area contributed by atoms with E-state index in [1.54, 1.807) is 48.5 Å². The van der Waals surface area contributed by atoms with Gasteiger partial charge in [-0.15, -0.1) is 0 Å². The van der Waals surface area contributed by atoms with Crippen LogP contribution in [-0.2, 0) is 19.1 Å². The molecule has 0 aromatic heterocycles. The van der Waals surface area contributed by atoms with Crippen LogP contribution < -0.4 is 9.47 Å². The van der Waals surface area contributed by atoms with Crippen LogP contribution in [0.3, 0.4) is 0 Å². The van der Waals surface area contributed by atoms with E-state index < -0.39 is 23.6 Å². The second-order valence-electron chi connectivity index (χ2n) is 7.99. The number of esters is 2. The molecule has 0 saturated carbocycles. The van der Waals surface area contributed by atoms with Gasteiger partial charge < -0.3 is 18.9 Å². The summed E-state index contributed by atoms with van der Waals surface area (Å²) >= 11 is 0. The smallest absolute Gasteiger partial charge is 0.338 e. The molecule has 0 spiro atoms. The van der Waals surface area contributed by atoms with Crippen LogP contribution in [0.15, 0.2) is 110 Å². The van der Waals surface area contributed by atoms with E-state index in [0.717, 1.165) is 12.5 Å². The largest absolute Gasteiger partial charge is 0.462 e. The summed E-state index contributed by atoms with van der Waals surface area (Å²) in [6, 6.07) is 15.6. The lowest BCUT2D eigenvalue weighted by molar-refractivity contribution is -0.134. The summed E-state index contributed by atoms with van der Waals surface area (Å²) in [7, 11) is 0. The van der Waals surface area contributed by atoms with Gasteiger partial charge in [0.15, 0.2) is 11.6 Å². The first-order valence-electron chi connectivity index (χ1n) is 11.2. The van der Waals surface area contributed by atoms with Gasteiger partial charge in [0.25, 0.3) is 0 Å². The lowest BCUT2D eigenvalue weighted by Gasteiger charge is -2.10. The van der Waals surface area contributed by atoms with Crippen molar-refractivity contribution in [3.8, 4) is 33.8 Å². The molecule has 0 N–H and O–H groups in total. The highest BCUT2D eigenvalue weighted by atomic mass is 19.2. The van der Waals surface area contributed by atoms with Crippen molar-refractivity contribution < 1.29 is 37.3 Å². The van der Waals surface area contributed by atoms with Crippen LogP contribution in [0, 0.1) is 11.6 Å². The van der Waals surface area contributed by atoms with Crippen molar-refractivity contribution in [2.75, 3.05) is 0 Å². The number of rotatable bonds is 10. The molecule has 3 aromatic carbocycles. The fraction of sp³-hybridized carbons (Fsp3) is 0.0667. The number of hydrogen-bond donors (Lipinski definition) is 0. The predicted octanol–water partition coefficient (Wildman–Crippen LogP) is 7.24. The maximum absolute atomic E-state index is 15.0. The van der Waals surface area contributed by atoms with Crippen LogP contribution in [0.25, 0.3) is 22.3 Å². The zero-order valence-corrected chi connectivity index (χ0v) is 20.7. The minimum atomic E-state index is -0.995. The van der Waals surface area contributed by atoms with E-state index in [1.165, 1.54) is 38.5 Å². The van der Waals surface area contributed by atoms with E-state index in [2.05, 4.69) is 13.2 Å². The van der Waals surface area contributed by atoms with Gasteiger partial charge >= 0.3 is 11.9 Å². The predicted molar refractivity (Wildman–Crippen MR) is 139 cm³/mol. The van der Waals surface area contributed by atoms with Gasteiger partial charge in [-0.2, -0.15) is 0 Å². The molecule has 0 heterocycles. The maximum atomic E-state index is 15.0. The number of carbonyl (C=O) groups is 2. The Kier molecular flexibility index (Phi) is 9.31. The van der Waals surface area contributed by atoms with Crippen LogP contribution in [0.4, 0.5) is 8.78 Å². The molecule has 0 fully saturated rings. The van der Waals surface area contributed by atoms with E-state index in [1.807, 2.05) is 0 Å². The van der Waals surface area contributed by atoms with Crippen molar-refractivity contribution in [2.24, 2.45) is 0 Å². The Balaban J connectivity index is 1.66. The molecule has 6 nitrogen and oxygen atoms in total. The van der Waals surface area contributed by atoms with E-state index >= 15 is 0 Å². The van der Waals surface area contributed by atoms with Crippen LogP contribution in [-0.4, -0.2) is 11.9 Å². The number of halogens is 2. The summed E-state index contributed by atoms with van der Waals surface area (Å²) in [5.74, 6) is -2.35. The standard InChI is InChI=1S/C30H24F2O6/c1-19(2)29(33)37-17-15-35-23-9-5-21(6-10-23)25-13-14-26(28(32)27(25)31)22-7-11-24(12-8-22)36-16-18-38-30(34)20(3)4/h5-18H,1,3H2,2,4H3. The molecule has 0 aliphatic rings. The molecule has 194 valence electrons. The lowest BCUT2D eigenvalue weighted by atomic mass is 9.98. The Morgan fingerprint density at radius 3 is 1.26 bits per heavy atom. The summed E-state index contributed by atoms with van der Waals surface area (Å²) in [4.78, 5) is 22.6. The van der Waals surface area contributed by atoms with Crippen molar-refractivity contribution in [1.82, 2.24) is 0 Å². The summed E-state index contributed by atoms with van der Waals surface area (Å²) in [5.41, 5.74) is 1.55. The molecule has 3 rings (SSSR count). The van der Waals surface area contributed by atoms with E-state index in [-0.39, 0.29) is 22.3 Å². The Labute approximate surface area is 218 Å². The minimum absolute atomic E-state index is 0.0816. The number of hydrogen-bond acceptors (Lipinski definition) is 6. The van der Waals surface area contributed by atoms with Crippen molar-refractivity contribution >= 4 is 11.9 Å². The molecule has 0 aliphatic heterocycles. The zero-order chi connectivity index (χ0) is 27.7. The van der Waals surface area contributed by atoms with Gasteiger partial charge in [0.2, 0.25) is 0 Å². The molecule has 0 aliphatic carbocycles. The highest BCUT2D eigenvalue weighted by Crippen LogP contribution is 2.33. The molecule has 0 atom stereocenters. The van der Waals surface area contributed by atoms with Gasteiger partial charge in [-0.1, -0.05) is 49.6 Å². The Hall–Kier alpha value is -4.98. The van der Waals surface area contributed by atoms with Crippen molar-refractivity contribution in [3.05, 3.63) is 122 Å². The first-order chi connectivity index (χ1) is 18.2. The Morgan fingerprint density at radius 1 is 0.605 bits per heavy atom. The second-order valence-corrected chi connectivity index (χ2v) is 7.99. The van der Waals surface area contributed by atoms with Crippen molar-refractivity contribution in [1.29, 1.82) is 0 Å². The van der Waals surface area contributed by atoms with Gasteiger partial charge in [0.1, 0.15) is 36.5 Å². The SMILES string of the molecule is C=C(C)C(=O)OC=COc1ccc(-c2ccc(-c3ccc(OC=COC(=O)C(=C)C)cc3)c(F)c2F)cc1. The first kappa shape index (κ1) is 27.6. The monoisotopic (exact) mass is 518 g/mol. The molecule has 38 heavy (non-hydrogen) atoms. The van der Waals surface area contributed by atoms with Crippen molar-refractivity contribution in [3.63, 3.8) is 0 Å². The molecule has 0 amide bonds. The van der Waals surface area contributed by atoms with E-state index in [9.17, 15) is 18.4 Å². The first-order valence-corrected chi connectivity index (χ1v) is 11.2. The number of benzene rings is 3. The average Bonchev–Trinajstić information content (AvgIpc) is 2.91. The molecule has 0 radical (unpaired) electrons. The summed E-state index contributed by atoms with van der Waals surface area (Å²) < 4.78 is 50.1. The van der Waals surface area contributed by atoms with Crippen molar-refractivity contribution in [2.45, 2.75) is 13.8 Å². The van der Waals surface area contributed by atoms with E-state index in [0.29, 0.717) is 22.6 Å². The number of carbonyl (C=O) groups excluding carboxylic acids is 2. The highest BCUT2D eigenvalue weighted by molar-refractivity contribution is 5.87. The zero-order valence-electron chi connectivity index (χ0n) is 20.7. The third-order valence-electron chi connectivity index (χ3n) is 4.98. The summed E-state index contributed by atoms with van der Waals surface area (Å²) in [5, 5.41) is 0. The Bertz CT molecular complexity index is 1300. The molecule has 8 heteroatoms. The third kappa shape index (κ3) is 7.27. The van der Waals surface area contributed by atoms with Gasteiger partial charge in [-0.05, 0) is 49.2 Å². The van der Waals surface area contributed by atoms with Gasteiger partial charge in [0, 0.05) is 22.3 Å². The molecule has 0 unspecified atom stereocenters. The second kappa shape index (κ2) is 12.8. The molecular weight excluding hydrogens is 494 g/mol. The Morgan fingerprint density at radius 2 is 0.947 bits per heavy atom. The topological polar surface area (TPSA) is 71.1 Å². The van der Waals surface area contributed by atoms with Gasteiger partial charge in [-0.25, -0.2) is 18.4 Å². The van der Waals surface area contributed by atoms with E-state index in [4.69, 9.17) is 18.9 Å². The summed E-state index contributed by atoms with van der Waals surface area (Å²) in [6.07, 6.45) is 4.51. The molecule has 0 saturated heterocycles. The summed E-state index contributed by atoms with van der Waals surface area (Å²) in [6.45, 7) is 9.96. The van der Waals surface area contributed by atoms with Crippen LogP contribution in [0.1, 0.15) is 13.8 Å². The van der Waals surface area contributed by atoms with Gasteiger partial charge in [-0.3, -0.25) is 0 Å². The maximum Gasteiger partial charge on any atom is 0.338 e. The minimum Gasteiger partial charge on any atom is -0.462 e. The van der Waals surface area contributed by atoms with Crippen LogP contribution in [0.2, 0.25) is 0 Å². The molecular formula is C30H24F2O6.